The highest BCUT2D eigenvalue weighted by atomic mass is 19.4. The first kappa shape index (κ1) is 21.5. The SMILES string of the molecule is CCCCCCCCCCOc1c([C@H](N)C(F)(F)F)ccc2ccccc12. The van der Waals surface area contributed by atoms with E-state index in [4.69, 9.17) is 10.5 Å². The number of nitrogens with two attached hydrogens (primary N) is 1. The molecule has 0 saturated carbocycles. The van der Waals surface area contributed by atoms with Crippen molar-refractivity contribution < 1.29 is 17.9 Å². The Morgan fingerprint density at radius 1 is 0.889 bits per heavy atom. The summed E-state index contributed by atoms with van der Waals surface area (Å²) in [4.78, 5) is 0. The van der Waals surface area contributed by atoms with Gasteiger partial charge in [-0.25, -0.2) is 0 Å². The van der Waals surface area contributed by atoms with Crippen LogP contribution in [-0.4, -0.2) is 12.8 Å². The third-order valence-electron chi connectivity index (χ3n) is 4.84. The van der Waals surface area contributed by atoms with Crippen molar-refractivity contribution in [1.29, 1.82) is 0 Å². The molecule has 2 rings (SSSR count). The number of alkyl halides is 3. The van der Waals surface area contributed by atoms with E-state index in [1.165, 1.54) is 38.2 Å². The van der Waals surface area contributed by atoms with Gasteiger partial charge in [0, 0.05) is 10.9 Å². The third-order valence-corrected chi connectivity index (χ3v) is 4.84. The summed E-state index contributed by atoms with van der Waals surface area (Å²) in [6, 6.07) is 8.35. The number of hydrogen-bond donors (Lipinski definition) is 1. The molecule has 0 amide bonds. The van der Waals surface area contributed by atoms with Crippen molar-refractivity contribution in [2.24, 2.45) is 5.73 Å². The first-order chi connectivity index (χ1) is 12.9. The summed E-state index contributed by atoms with van der Waals surface area (Å²) in [6.07, 6.45) is 4.75. The Hall–Kier alpha value is -1.75. The lowest BCUT2D eigenvalue weighted by atomic mass is 10.00. The molecule has 150 valence electrons. The summed E-state index contributed by atoms with van der Waals surface area (Å²) in [6.45, 7) is 2.60. The van der Waals surface area contributed by atoms with E-state index in [1.807, 2.05) is 12.1 Å². The highest BCUT2D eigenvalue weighted by Gasteiger charge is 2.39. The van der Waals surface area contributed by atoms with Gasteiger partial charge in [-0.2, -0.15) is 13.2 Å². The number of fused-ring (bicyclic) bond motifs is 1. The van der Waals surface area contributed by atoms with E-state index in [0.29, 0.717) is 12.0 Å². The fourth-order valence-electron chi connectivity index (χ4n) is 3.25. The molecule has 0 aliphatic rings. The zero-order valence-corrected chi connectivity index (χ0v) is 16.0. The molecule has 0 heterocycles. The van der Waals surface area contributed by atoms with Gasteiger partial charge in [0.25, 0.3) is 0 Å². The molecule has 27 heavy (non-hydrogen) atoms. The Labute approximate surface area is 159 Å². The molecule has 2 N–H and O–H groups in total. The highest BCUT2D eigenvalue weighted by Crippen LogP contribution is 2.39. The van der Waals surface area contributed by atoms with E-state index in [2.05, 4.69) is 6.92 Å². The zero-order chi connectivity index (χ0) is 19.7. The molecule has 1 atom stereocenters. The van der Waals surface area contributed by atoms with Crippen LogP contribution >= 0.6 is 0 Å². The van der Waals surface area contributed by atoms with E-state index < -0.39 is 12.2 Å². The largest absolute Gasteiger partial charge is 0.493 e. The molecular formula is C22H30F3NO. The maximum atomic E-state index is 13.2. The van der Waals surface area contributed by atoms with Crippen LogP contribution in [0.2, 0.25) is 0 Å². The zero-order valence-electron chi connectivity index (χ0n) is 16.0. The van der Waals surface area contributed by atoms with Gasteiger partial charge in [0.05, 0.1) is 6.61 Å². The fraction of sp³-hybridized carbons (Fsp3) is 0.545. The predicted molar refractivity (Wildman–Crippen MR) is 105 cm³/mol. The van der Waals surface area contributed by atoms with Gasteiger partial charge in [-0.15, -0.1) is 0 Å². The lowest BCUT2D eigenvalue weighted by molar-refractivity contribution is -0.149. The second-order valence-corrected chi connectivity index (χ2v) is 7.05. The standard InChI is InChI=1S/C22H30F3NO/c1-2-3-4-5-6-7-8-11-16-27-20-18-13-10-9-12-17(18)14-15-19(20)21(26)22(23,24)25/h9-10,12-15,21H,2-8,11,16,26H2,1H3/t21-/m0/s1. The van der Waals surface area contributed by atoms with Crippen molar-refractivity contribution in [1.82, 2.24) is 0 Å². The normalized spacial score (nSPS) is 13.1. The second kappa shape index (κ2) is 10.5. The van der Waals surface area contributed by atoms with E-state index >= 15 is 0 Å². The molecule has 2 aromatic rings. The van der Waals surface area contributed by atoms with Crippen LogP contribution in [0.25, 0.3) is 10.8 Å². The minimum Gasteiger partial charge on any atom is -0.493 e. The topological polar surface area (TPSA) is 35.2 Å². The molecular weight excluding hydrogens is 351 g/mol. The average Bonchev–Trinajstić information content (AvgIpc) is 2.65. The highest BCUT2D eigenvalue weighted by molar-refractivity contribution is 5.89. The Bertz CT molecular complexity index is 700. The smallest absolute Gasteiger partial charge is 0.407 e. The number of unbranched alkanes of at least 4 members (excludes halogenated alkanes) is 7. The Balaban J connectivity index is 1.98. The van der Waals surface area contributed by atoms with E-state index in [0.717, 1.165) is 24.6 Å². The van der Waals surface area contributed by atoms with E-state index in [1.54, 1.807) is 18.2 Å². The summed E-state index contributed by atoms with van der Waals surface area (Å²) >= 11 is 0. The molecule has 0 saturated heterocycles. The first-order valence-corrected chi connectivity index (χ1v) is 9.92. The van der Waals surface area contributed by atoms with Crippen molar-refractivity contribution in [2.45, 2.75) is 70.5 Å². The maximum absolute atomic E-state index is 13.2. The molecule has 0 radical (unpaired) electrons. The molecule has 2 nitrogen and oxygen atoms in total. The molecule has 0 spiro atoms. The van der Waals surface area contributed by atoms with Crippen LogP contribution in [0.3, 0.4) is 0 Å². The number of benzene rings is 2. The quantitative estimate of drug-likeness (QED) is 0.429. The van der Waals surface area contributed by atoms with E-state index in [9.17, 15) is 13.2 Å². The van der Waals surface area contributed by atoms with Gasteiger partial charge < -0.3 is 10.5 Å². The third kappa shape index (κ3) is 6.42. The second-order valence-electron chi connectivity index (χ2n) is 7.05. The minimum absolute atomic E-state index is 0.000709. The van der Waals surface area contributed by atoms with Crippen LogP contribution in [0.15, 0.2) is 36.4 Å². The lowest BCUT2D eigenvalue weighted by Gasteiger charge is -2.21. The van der Waals surface area contributed by atoms with Gasteiger partial charge in [-0.3, -0.25) is 0 Å². The van der Waals surface area contributed by atoms with E-state index in [-0.39, 0.29) is 11.3 Å². The number of rotatable bonds is 11. The minimum atomic E-state index is -4.50. The van der Waals surface area contributed by atoms with Crippen molar-refractivity contribution in [2.75, 3.05) is 6.61 Å². The molecule has 0 aromatic heterocycles. The van der Waals surface area contributed by atoms with Gasteiger partial charge in [0.2, 0.25) is 0 Å². The van der Waals surface area contributed by atoms with Crippen molar-refractivity contribution in [3.8, 4) is 5.75 Å². The number of hydrogen-bond acceptors (Lipinski definition) is 2. The van der Waals surface area contributed by atoms with Gasteiger partial charge >= 0.3 is 6.18 Å². The summed E-state index contributed by atoms with van der Waals surface area (Å²) in [5.74, 6) is 0.265. The lowest BCUT2D eigenvalue weighted by Crippen LogP contribution is -2.29. The van der Waals surface area contributed by atoms with Crippen molar-refractivity contribution in [3.63, 3.8) is 0 Å². The van der Waals surface area contributed by atoms with Gasteiger partial charge in [0.15, 0.2) is 0 Å². The fourth-order valence-corrected chi connectivity index (χ4v) is 3.25. The average molecular weight is 381 g/mol. The first-order valence-electron chi connectivity index (χ1n) is 9.92. The number of ether oxygens (including phenoxy) is 1. The van der Waals surface area contributed by atoms with Crippen LogP contribution in [0.1, 0.15) is 69.9 Å². The summed E-state index contributed by atoms with van der Waals surface area (Å²) in [5, 5.41) is 1.52. The summed E-state index contributed by atoms with van der Waals surface area (Å²) in [7, 11) is 0. The monoisotopic (exact) mass is 381 g/mol. The Morgan fingerprint density at radius 2 is 1.52 bits per heavy atom. The van der Waals surface area contributed by atoms with Crippen LogP contribution in [0.5, 0.6) is 5.75 Å². The number of halogens is 3. The van der Waals surface area contributed by atoms with Gasteiger partial charge in [0.1, 0.15) is 11.8 Å². The molecule has 5 heteroatoms. The van der Waals surface area contributed by atoms with Crippen LogP contribution in [-0.2, 0) is 0 Å². The predicted octanol–water partition coefficient (Wildman–Crippen LogP) is 6.92. The Morgan fingerprint density at radius 3 is 2.19 bits per heavy atom. The van der Waals surface area contributed by atoms with Crippen molar-refractivity contribution in [3.05, 3.63) is 42.0 Å². The van der Waals surface area contributed by atoms with Gasteiger partial charge in [-0.1, -0.05) is 88.3 Å². The molecule has 0 aliphatic heterocycles. The molecule has 0 unspecified atom stereocenters. The van der Waals surface area contributed by atoms with Crippen LogP contribution < -0.4 is 10.5 Å². The van der Waals surface area contributed by atoms with Crippen LogP contribution in [0, 0.1) is 0 Å². The van der Waals surface area contributed by atoms with Crippen molar-refractivity contribution >= 4 is 10.8 Å². The molecule has 0 bridgehead atoms. The summed E-state index contributed by atoms with van der Waals surface area (Å²) < 4.78 is 45.3. The molecule has 2 aromatic carbocycles. The molecule has 0 aliphatic carbocycles. The molecule has 0 fully saturated rings. The van der Waals surface area contributed by atoms with Crippen LogP contribution in [0.4, 0.5) is 13.2 Å². The van der Waals surface area contributed by atoms with Gasteiger partial charge in [-0.05, 0) is 11.8 Å². The summed E-state index contributed by atoms with van der Waals surface area (Å²) in [5.41, 5.74) is 5.47. The Kier molecular flexibility index (Phi) is 8.42. The maximum Gasteiger partial charge on any atom is 0.407 e.